The molecule has 0 spiro atoms. The van der Waals surface area contributed by atoms with Crippen LogP contribution >= 0.6 is 0 Å². The summed E-state index contributed by atoms with van der Waals surface area (Å²) in [6.45, 7) is 4.27. The Morgan fingerprint density at radius 2 is 1.20 bits per heavy atom. The van der Waals surface area contributed by atoms with E-state index in [0.29, 0.717) is 0 Å². The van der Waals surface area contributed by atoms with Crippen LogP contribution in [0.1, 0.15) is 11.1 Å². The number of hydrogen-bond acceptors (Lipinski definition) is 1. The lowest BCUT2D eigenvalue weighted by molar-refractivity contribution is 1.30. The Balaban J connectivity index is 1.97. The maximum atomic E-state index is 4.97. The van der Waals surface area contributed by atoms with E-state index in [1.165, 1.54) is 22.3 Å². The topological polar surface area (TPSA) is 28.7 Å². The van der Waals surface area contributed by atoms with Gasteiger partial charge in [0.1, 0.15) is 5.82 Å². The van der Waals surface area contributed by atoms with Crippen LogP contribution in [-0.4, -0.2) is 9.97 Å². The van der Waals surface area contributed by atoms with E-state index >= 15 is 0 Å². The Morgan fingerprint density at radius 1 is 0.640 bits per heavy atom. The van der Waals surface area contributed by atoms with Crippen molar-refractivity contribution in [2.24, 2.45) is 0 Å². The Kier molecular flexibility index (Phi) is 3.95. The van der Waals surface area contributed by atoms with Crippen molar-refractivity contribution in [2.45, 2.75) is 13.8 Å². The first-order valence-electron chi connectivity index (χ1n) is 8.51. The van der Waals surface area contributed by atoms with Crippen molar-refractivity contribution in [2.75, 3.05) is 0 Å². The molecule has 1 heterocycles. The van der Waals surface area contributed by atoms with E-state index in [0.717, 1.165) is 22.8 Å². The van der Waals surface area contributed by atoms with Crippen molar-refractivity contribution >= 4 is 0 Å². The average Bonchev–Trinajstić information content (AvgIpc) is 3.08. The summed E-state index contributed by atoms with van der Waals surface area (Å²) < 4.78 is 0. The minimum Gasteiger partial charge on any atom is -0.337 e. The lowest BCUT2D eigenvalue weighted by Crippen LogP contribution is -1.89. The van der Waals surface area contributed by atoms with Crippen molar-refractivity contribution < 1.29 is 0 Å². The Labute approximate surface area is 148 Å². The quantitative estimate of drug-likeness (QED) is 0.490. The molecule has 0 unspecified atom stereocenters. The predicted molar refractivity (Wildman–Crippen MR) is 104 cm³/mol. The second-order valence-electron chi connectivity index (χ2n) is 6.30. The highest BCUT2D eigenvalue weighted by Gasteiger charge is 2.17. The third kappa shape index (κ3) is 2.87. The predicted octanol–water partition coefficient (Wildman–Crippen LogP) is 6.03. The van der Waals surface area contributed by atoms with Crippen molar-refractivity contribution in [3.8, 4) is 33.9 Å². The summed E-state index contributed by atoms with van der Waals surface area (Å²) in [5.41, 5.74) is 7.99. The van der Waals surface area contributed by atoms with Gasteiger partial charge in [0.25, 0.3) is 0 Å². The highest BCUT2D eigenvalue weighted by Crippen LogP contribution is 2.35. The molecule has 0 aliphatic rings. The van der Waals surface area contributed by atoms with E-state index in [2.05, 4.69) is 79.5 Å². The molecule has 2 heteroatoms. The van der Waals surface area contributed by atoms with Gasteiger partial charge in [-0.2, -0.15) is 0 Å². The molecular formula is C23H20N2. The zero-order valence-corrected chi connectivity index (χ0v) is 14.5. The second kappa shape index (κ2) is 6.40. The molecule has 25 heavy (non-hydrogen) atoms. The van der Waals surface area contributed by atoms with Crippen molar-refractivity contribution in [1.82, 2.24) is 9.97 Å². The van der Waals surface area contributed by atoms with E-state index in [1.807, 2.05) is 18.2 Å². The van der Waals surface area contributed by atoms with Gasteiger partial charge in [-0.15, -0.1) is 0 Å². The van der Waals surface area contributed by atoms with Crippen LogP contribution in [0.15, 0.2) is 78.9 Å². The number of nitrogens with one attached hydrogen (secondary N) is 1. The Bertz CT molecular complexity index is 950. The van der Waals surface area contributed by atoms with Crippen molar-refractivity contribution in [1.29, 1.82) is 0 Å². The van der Waals surface area contributed by atoms with E-state index in [4.69, 9.17) is 4.98 Å². The largest absolute Gasteiger partial charge is 0.337 e. The minimum atomic E-state index is 0.900. The summed E-state index contributed by atoms with van der Waals surface area (Å²) >= 11 is 0. The molecule has 0 fully saturated rings. The lowest BCUT2D eigenvalue weighted by Gasteiger charge is -2.08. The molecule has 122 valence electrons. The van der Waals surface area contributed by atoms with E-state index in [9.17, 15) is 0 Å². The second-order valence-corrected chi connectivity index (χ2v) is 6.30. The third-order valence-electron chi connectivity index (χ3n) is 4.57. The van der Waals surface area contributed by atoms with Crippen LogP contribution in [0.25, 0.3) is 33.9 Å². The summed E-state index contributed by atoms with van der Waals surface area (Å²) in [4.78, 5) is 8.54. The standard InChI is InChI=1S/C23H20N2/c1-16-10-6-8-14-19(16)21-22(20-15-9-7-11-17(20)2)25-23(24-21)18-12-4-3-5-13-18/h3-15H,1-2H3,(H,24,25). The van der Waals surface area contributed by atoms with E-state index < -0.39 is 0 Å². The molecule has 2 nitrogen and oxygen atoms in total. The summed E-state index contributed by atoms with van der Waals surface area (Å²) in [6, 6.07) is 27.1. The molecule has 0 atom stereocenters. The fourth-order valence-corrected chi connectivity index (χ4v) is 3.19. The Morgan fingerprint density at radius 3 is 1.84 bits per heavy atom. The summed E-state index contributed by atoms with van der Waals surface area (Å²) in [7, 11) is 0. The first-order chi connectivity index (χ1) is 12.2. The Hall–Kier alpha value is -3.13. The normalized spacial score (nSPS) is 10.8. The van der Waals surface area contributed by atoms with Gasteiger partial charge in [0, 0.05) is 16.7 Å². The van der Waals surface area contributed by atoms with E-state index in [1.54, 1.807) is 0 Å². The zero-order valence-electron chi connectivity index (χ0n) is 14.5. The number of H-pyrrole nitrogens is 1. The molecular weight excluding hydrogens is 304 g/mol. The molecule has 4 rings (SSSR count). The van der Waals surface area contributed by atoms with Gasteiger partial charge in [-0.25, -0.2) is 4.98 Å². The smallest absolute Gasteiger partial charge is 0.138 e. The molecule has 1 aromatic heterocycles. The number of aromatic nitrogens is 2. The van der Waals surface area contributed by atoms with Crippen LogP contribution in [0.2, 0.25) is 0 Å². The first-order valence-corrected chi connectivity index (χ1v) is 8.51. The van der Waals surface area contributed by atoms with Crippen LogP contribution in [0, 0.1) is 13.8 Å². The number of imidazole rings is 1. The van der Waals surface area contributed by atoms with Gasteiger partial charge >= 0.3 is 0 Å². The van der Waals surface area contributed by atoms with Gasteiger partial charge in [-0.05, 0) is 25.0 Å². The highest BCUT2D eigenvalue weighted by molar-refractivity contribution is 5.83. The highest BCUT2D eigenvalue weighted by atomic mass is 14.9. The number of hydrogen-bond donors (Lipinski definition) is 1. The molecule has 0 amide bonds. The van der Waals surface area contributed by atoms with Crippen LogP contribution in [0.4, 0.5) is 0 Å². The molecule has 0 saturated carbocycles. The maximum absolute atomic E-state index is 4.97. The monoisotopic (exact) mass is 324 g/mol. The van der Waals surface area contributed by atoms with Crippen molar-refractivity contribution in [3.05, 3.63) is 90.0 Å². The van der Waals surface area contributed by atoms with Gasteiger partial charge in [0.2, 0.25) is 0 Å². The van der Waals surface area contributed by atoms with Gasteiger partial charge in [0.15, 0.2) is 0 Å². The SMILES string of the molecule is Cc1ccccc1-c1nc(-c2ccccc2)[nH]c1-c1ccccc1C. The minimum absolute atomic E-state index is 0.900. The van der Waals surface area contributed by atoms with Gasteiger partial charge in [0.05, 0.1) is 11.4 Å². The van der Waals surface area contributed by atoms with E-state index in [-0.39, 0.29) is 0 Å². The van der Waals surface area contributed by atoms with Crippen LogP contribution in [0.3, 0.4) is 0 Å². The molecule has 0 bridgehead atoms. The van der Waals surface area contributed by atoms with Crippen LogP contribution in [0.5, 0.6) is 0 Å². The van der Waals surface area contributed by atoms with Gasteiger partial charge < -0.3 is 4.98 Å². The fraction of sp³-hybridized carbons (Fsp3) is 0.0870. The van der Waals surface area contributed by atoms with Crippen LogP contribution < -0.4 is 0 Å². The lowest BCUT2D eigenvalue weighted by atomic mass is 9.99. The zero-order chi connectivity index (χ0) is 17.2. The van der Waals surface area contributed by atoms with Crippen LogP contribution in [-0.2, 0) is 0 Å². The van der Waals surface area contributed by atoms with Crippen molar-refractivity contribution in [3.63, 3.8) is 0 Å². The molecule has 0 radical (unpaired) electrons. The molecule has 4 aromatic rings. The van der Waals surface area contributed by atoms with Gasteiger partial charge in [-0.1, -0.05) is 78.9 Å². The fourth-order valence-electron chi connectivity index (χ4n) is 3.19. The number of aryl methyl sites for hydroxylation is 2. The average molecular weight is 324 g/mol. The van der Waals surface area contributed by atoms with Gasteiger partial charge in [-0.3, -0.25) is 0 Å². The molecule has 3 aromatic carbocycles. The molecule has 1 N–H and O–H groups in total. The third-order valence-corrected chi connectivity index (χ3v) is 4.57. The summed E-state index contributed by atoms with van der Waals surface area (Å²) in [5.74, 6) is 0.900. The molecule has 0 aliphatic carbocycles. The number of benzene rings is 3. The number of aromatic amines is 1. The number of rotatable bonds is 3. The first kappa shape index (κ1) is 15.4. The molecule has 0 saturated heterocycles. The maximum Gasteiger partial charge on any atom is 0.138 e. The summed E-state index contributed by atoms with van der Waals surface area (Å²) in [5, 5.41) is 0. The number of nitrogens with zero attached hydrogens (tertiary/aromatic N) is 1. The molecule has 0 aliphatic heterocycles. The summed E-state index contributed by atoms with van der Waals surface area (Å²) in [6.07, 6.45) is 0.